The third-order valence-corrected chi connectivity index (χ3v) is 4.78. The van der Waals surface area contributed by atoms with Crippen molar-refractivity contribution in [1.82, 2.24) is 0 Å². The average molecular weight is 382 g/mol. The lowest BCUT2D eigenvalue weighted by Gasteiger charge is -2.07. The molecule has 0 aliphatic carbocycles. The molecule has 0 N–H and O–H groups in total. The molecular weight excluding hydrogens is 368 g/mol. The van der Waals surface area contributed by atoms with Crippen LogP contribution >= 0.6 is 0 Å². The molecular formula is C19H14N2O5S. The van der Waals surface area contributed by atoms with Crippen LogP contribution in [0.1, 0.15) is 5.56 Å². The monoisotopic (exact) mass is 382 g/mol. The van der Waals surface area contributed by atoms with Gasteiger partial charge in [-0.25, -0.2) is 0 Å². The number of nitro benzene ring substituents is 1. The summed E-state index contributed by atoms with van der Waals surface area (Å²) in [5.74, 6) is 0.159. The predicted molar refractivity (Wildman–Crippen MR) is 101 cm³/mol. The minimum Gasteiger partial charge on any atom is -0.379 e. The summed E-state index contributed by atoms with van der Waals surface area (Å²) in [5, 5.41) is 10.6. The maximum absolute atomic E-state index is 12.3. The Bertz CT molecular complexity index is 1080. The number of hydrogen-bond acceptors (Lipinski definition) is 6. The maximum Gasteiger partial charge on any atom is 0.339 e. The first-order valence-corrected chi connectivity index (χ1v) is 9.23. The second kappa shape index (κ2) is 7.79. The normalized spacial score (nSPS) is 11.4. The molecule has 0 unspecified atom stereocenters. The molecule has 0 amide bonds. The number of aliphatic imine (C=N–C) groups is 1. The van der Waals surface area contributed by atoms with E-state index in [1.54, 1.807) is 30.3 Å². The van der Waals surface area contributed by atoms with E-state index in [1.807, 2.05) is 0 Å². The van der Waals surface area contributed by atoms with E-state index in [0.29, 0.717) is 11.3 Å². The molecule has 8 heteroatoms. The van der Waals surface area contributed by atoms with Crippen LogP contribution < -0.4 is 4.18 Å². The van der Waals surface area contributed by atoms with Crippen molar-refractivity contribution in [2.45, 2.75) is 4.90 Å². The molecule has 7 nitrogen and oxygen atoms in total. The van der Waals surface area contributed by atoms with Gasteiger partial charge in [-0.3, -0.25) is 15.1 Å². The molecule has 0 heterocycles. The summed E-state index contributed by atoms with van der Waals surface area (Å²) in [5.41, 5.74) is 1.13. The molecule has 0 aliphatic rings. The Labute approximate surface area is 155 Å². The van der Waals surface area contributed by atoms with Crippen LogP contribution in [0.2, 0.25) is 0 Å². The first-order valence-electron chi connectivity index (χ1n) is 7.82. The zero-order valence-corrected chi connectivity index (χ0v) is 14.7. The van der Waals surface area contributed by atoms with Crippen molar-refractivity contribution in [3.63, 3.8) is 0 Å². The van der Waals surface area contributed by atoms with Crippen molar-refractivity contribution in [2.24, 2.45) is 4.99 Å². The summed E-state index contributed by atoms with van der Waals surface area (Å²) in [6.45, 7) is 0. The maximum atomic E-state index is 12.3. The Balaban J connectivity index is 1.76. The van der Waals surface area contributed by atoms with Crippen molar-refractivity contribution >= 4 is 27.7 Å². The lowest BCUT2D eigenvalue weighted by atomic mass is 10.2. The van der Waals surface area contributed by atoms with Crippen molar-refractivity contribution < 1.29 is 17.5 Å². The molecule has 3 aromatic carbocycles. The van der Waals surface area contributed by atoms with E-state index >= 15 is 0 Å². The van der Waals surface area contributed by atoms with Crippen LogP contribution in [0.3, 0.4) is 0 Å². The highest BCUT2D eigenvalue weighted by Crippen LogP contribution is 2.21. The molecule has 0 bridgehead atoms. The molecule has 0 spiro atoms. The van der Waals surface area contributed by atoms with Gasteiger partial charge >= 0.3 is 10.1 Å². The summed E-state index contributed by atoms with van der Waals surface area (Å²) in [4.78, 5) is 14.4. The summed E-state index contributed by atoms with van der Waals surface area (Å²) >= 11 is 0. The number of hydrogen-bond donors (Lipinski definition) is 0. The van der Waals surface area contributed by atoms with Gasteiger partial charge in [-0.05, 0) is 42.0 Å². The van der Waals surface area contributed by atoms with E-state index < -0.39 is 15.0 Å². The summed E-state index contributed by atoms with van der Waals surface area (Å²) in [6, 6.07) is 20.1. The zero-order valence-electron chi connectivity index (χ0n) is 13.9. The van der Waals surface area contributed by atoms with Crippen LogP contribution in [-0.4, -0.2) is 19.6 Å². The Morgan fingerprint density at radius 3 is 2.30 bits per heavy atom. The standard InChI is InChI=1S/C19H14N2O5S/c22-21(23)17-11-9-16(10-12-17)20-14-15-5-4-6-18(13-15)26-27(24,25)19-7-2-1-3-8-19/h1-14H. The van der Waals surface area contributed by atoms with E-state index in [4.69, 9.17) is 4.18 Å². The number of nitrogens with zero attached hydrogens (tertiary/aromatic N) is 2. The van der Waals surface area contributed by atoms with E-state index in [1.165, 1.54) is 54.7 Å². The first kappa shape index (κ1) is 18.3. The lowest BCUT2D eigenvalue weighted by Crippen LogP contribution is -2.09. The minimum atomic E-state index is -3.92. The summed E-state index contributed by atoms with van der Waals surface area (Å²) in [6.07, 6.45) is 1.52. The molecule has 0 aliphatic heterocycles. The van der Waals surface area contributed by atoms with Gasteiger partial charge in [0.05, 0.1) is 10.6 Å². The van der Waals surface area contributed by atoms with Gasteiger partial charge in [0.15, 0.2) is 0 Å². The minimum absolute atomic E-state index is 0.0181. The van der Waals surface area contributed by atoms with Gasteiger partial charge in [0.1, 0.15) is 10.6 Å². The highest BCUT2D eigenvalue weighted by atomic mass is 32.2. The van der Waals surface area contributed by atoms with E-state index in [0.717, 1.165) is 0 Å². The summed E-state index contributed by atoms with van der Waals surface area (Å²) in [7, 11) is -3.92. The Hall–Kier alpha value is -3.52. The van der Waals surface area contributed by atoms with Crippen molar-refractivity contribution in [3.8, 4) is 5.75 Å². The van der Waals surface area contributed by atoms with Crippen LogP contribution in [0.15, 0.2) is 88.8 Å². The first-order chi connectivity index (χ1) is 12.9. The van der Waals surface area contributed by atoms with Crippen LogP contribution in [0.4, 0.5) is 11.4 Å². The highest BCUT2D eigenvalue weighted by Gasteiger charge is 2.15. The van der Waals surface area contributed by atoms with E-state index in [-0.39, 0.29) is 16.3 Å². The van der Waals surface area contributed by atoms with Crippen molar-refractivity contribution in [2.75, 3.05) is 0 Å². The van der Waals surface area contributed by atoms with Gasteiger partial charge in [0, 0.05) is 18.3 Å². The molecule has 0 atom stereocenters. The number of benzene rings is 3. The van der Waals surface area contributed by atoms with Crippen molar-refractivity contribution in [1.29, 1.82) is 0 Å². The van der Waals surface area contributed by atoms with Gasteiger partial charge in [-0.15, -0.1) is 0 Å². The topological polar surface area (TPSA) is 98.9 Å². The average Bonchev–Trinajstić information content (AvgIpc) is 2.67. The number of non-ortho nitro benzene ring substituents is 1. The van der Waals surface area contributed by atoms with E-state index in [2.05, 4.69) is 4.99 Å². The second-order valence-corrected chi connectivity index (χ2v) is 7.00. The van der Waals surface area contributed by atoms with Gasteiger partial charge < -0.3 is 4.18 Å². The number of rotatable bonds is 6. The predicted octanol–water partition coefficient (Wildman–Crippen LogP) is 4.11. The fraction of sp³-hybridized carbons (Fsp3) is 0. The highest BCUT2D eigenvalue weighted by molar-refractivity contribution is 7.87. The largest absolute Gasteiger partial charge is 0.379 e. The smallest absolute Gasteiger partial charge is 0.339 e. The molecule has 0 saturated carbocycles. The molecule has 0 fully saturated rings. The molecule has 0 aromatic heterocycles. The second-order valence-electron chi connectivity index (χ2n) is 5.45. The Morgan fingerprint density at radius 2 is 1.63 bits per heavy atom. The molecule has 3 rings (SSSR count). The van der Waals surface area contributed by atoms with E-state index in [9.17, 15) is 18.5 Å². The Kier molecular flexibility index (Phi) is 5.28. The summed E-state index contributed by atoms with van der Waals surface area (Å²) < 4.78 is 29.7. The number of nitro groups is 1. The fourth-order valence-electron chi connectivity index (χ4n) is 2.22. The fourth-order valence-corrected chi connectivity index (χ4v) is 3.16. The molecule has 3 aromatic rings. The van der Waals surface area contributed by atoms with Gasteiger partial charge in [0.25, 0.3) is 5.69 Å². The lowest BCUT2D eigenvalue weighted by molar-refractivity contribution is -0.384. The van der Waals surface area contributed by atoms with Gasteiger partial charge in [-0.1, -0.05) is 30.3 Å². The van der Waals surface area contributed by atoms with Crippen LogP contribution in [-0.2, 0) is 10.1 Å². The zero-order chi connectivity index (χ0) is 19.3. The van der Waals surface area contributed by atoms with Gasteiger partial charge in [-0.2, -0.15) is 8.42 Å². The van der Waals surface area contributed by atoms with Crippen molar-refractivity contribution in [3.05, 3.63) is 94.5 Å². The third-order valence-electron chi connectivity index (χ3n) is 3.52. The molecule has 0 saturated heterocycles. The molecule has 136 valence electrons. The molecule has 0 radical (unpaired) electrons. The third kappa shape index (κ3) is 4.77. The van der Waals surface area contributed by atoms with Crippen LogP contribution in [0.25, 0.3) is 0 Å². The molecule has 27 heavy (non-hydrogen) atoms. The van der Waals surface area contributed by atoms with Crippen LogP contribution in [0, 0.1) is 10.1 Å². The van der Waals surface area contributed by atoms with Crippen LogP contribution in [0.5, 0.6) is 5.75 Å². The SMILES string of the molecule is O=[N+]([O-])c1ccc(N=Cc2cccc(OS(=O)(=O)c3ccccc3)c2)cc1. The quantitative estimate of drug-likeness (QED) is 0.276. The Morgan fingerprint density at radius 1 is 0.926 bits per heavy atom. The van der Waals surface area contributed by atoms with Gasteiger partial charge in [0.2, 0.25) is 0 Å².